The van der Waals surface area contributed by atoms with Crippen molar-refractivity contribution in [2.24, 2.45) is 0 Å². The fraction of sp³-hybridized carbons (Fsp3) is 0.350. The largest absolute Gasteiger partial charge is 0.448 e. The van der Waals surface area contributed by atoms with Crippen molar-refractivity contribution in [2.45, 2.75) is 25.0 Å². The SMILES string of the molecule is O=C(OCCCc1ccccc1)N1CCCN1S(=O)(=O)Cc1ccccc1. The Morgan fingerprint density at radius 2 is 1.56 bits per heavy atom. The predicted molar refractivity (Wildman–Crippen MR) is 103 cm³/mol. The number of aryl methyl sites for hydroxylation is 1. The van der Waals surface area contributed by atoms with E-state index in [0.29, 0.717) is 31.5 Å². The Kier molecular flexibility index (Phi) is 6.47. The summed E-state index contributed by atoms with van der Waals surface area (Å²) in [5, 5.41) is 1.21. The lowest BCUT2D eigenvalue weighted by Crippen LogP contribution is -2.45. The highest BCUT2D eigenvalue weighted by molar-refractivity contribution is 7.88. The molecule has 7 heteroatoms. The fourth-order valence-corrected chi connectivity index (χ4v) is 4.69. The zero-order valence-electron chi connectivity index (χ0n) is 15.2. The van der Waals surface area contributed by atoms with Crippen LogP contribution in [0.25, 0.3) is 0 Å². The van der Waals surface area contributed by atoms with Crippen molar-refractivity contribution in [3.05, 3.63) is 71.8 Å². The topological polar surface area (TPSA) is 66.9 Å². The van der Waals surface area contributed by atoms with E-state index < -0.39 is 16.1 Å². The van der Waals surface area contributed by atoms with E-state index in [2.05, 4.69) is 0 Å². The molecule has 144 valence electrons. The van der Waals surface area contributed by atoms with Gasteiger partial charge in [0.15, 0.2) is 0 Å². The van der Waals surface area contributed by atoms with Gasteiger partial charge in [0.1, 0.15) is 0 Å². The molecule has 1 aliphatic rings. The molecule has 0 saturated carbocycles. The zero-order valence-corrected chi connectivity index (χ0v) is 16.0. The number of amides is 1. The number of carbonyl (C=O) groups is 1. The zero-order chi connectivity index (χ0) is 19.1. The Morgan fingerprint density at radius 1 is 0.926 bits per heavy atom. The third-order valence-electron chi connectivity index (χ3n) is 4.39. The average Bonchev–Trinajstić information content (AvgIpc) is 3.17. The van der Waals surface area contributed by atoms with Crippen molar-refractivity contribution in [1.82, 2.24) is 9.42 Å². The molecule has 1 aliphatic heterocycles. The van der Waals surface area contributed by atoms with Gasteiger partial charge in [-0.2, -0.15) is 0 Å². The molecule has 0 N–H and O–H groups in total. The normalized spacial score (nSPS) is 15.0. The first kappa shape index (κ1) is 19.4. The minimum Gasteiger partial charge on any atom is -0.448 e. The smallest absolute Gasteiger partial charge is 0.425 e. The number of ether oxygens (including phenoxy) is 1. The monoisotopic (exact) mass is 388 g/mol. The highest BCUT2D eigenvalue weighted by atomic mass is 32.2. The van der Waals surface area contributed by atoms with Crippen molar-refractivity contribution in [3.8, 4) is 0 Å². The number of hydrogen-bond acceptors (Lipinski definition) is 4. The second-order valence-corrected chi connectivity index (χ2v) is 8.34. The molecule has 3 rings (SSSR count). The highest BCUT2D eigenvalue weighted by Crippen LogP contribution is 2.20. The number of sulfonamides is 1. The van der Waals surface area contributed by atoms with E-state index in [0.717, 1.165) is 10.8 Å². The van der Waals surface area contributed by atoms with Crippen LogP contribution in [0.1, 0.15) is 24.0 Å². The van der Waals surface area contributed by atoms with E-state index in [4.69, 9.17) is 4.74 Å². The van der Waals surface area contributed by atoms with Gasteiger partial charge in [0.2, 0.25) is 10.0 Å². The lowest BCUT2D eigenvalue weighted by molar-refractivity contribution is 0.0584. The molecule has 1 amide bonds. The van der Waals surface area contributed by atoms with Crippen LogP contribution in [0, 0.1) is 0 Å². The molecule has 2 aromatic rings. The number of rotatable bonds is 7. The van der Waals surface area contributed by atoms with Crippen LogP contribution < -0.4 is 0 Å². The molecule has 1 saturated heterocycles. The summed E-state index contributed by atoms with van der Waals surface area (Å²) in [5.41, 5.74) is 1.88. The minimum atomic E-state index is -3.62. The van der Waals surface area contributed by atoms with E-state index in [-0.39, 0.29) is 12.4 Å². The quantitative estimate of drug-likeness (QED) is 0.683. The lowest BCUT2D eigenvalue weighted by atomic mass is 10.1. The van der Waals surface area contributed by atoms with Gasteiger partial charge < -0.3 is 4.74 Å². The van der Waals surface area contributed by atoms with Gasteiger partial charge in [-0.15, -0.1) is 4.41 Å². The number of nitrogens with zero attached hydrogens (tertiary/aromatic N) is 2. The van der Waals surface area contributed by atoms with Crippen molar-refractivity contribution in [2.75, 3.05) is 19.7 Å². The molecule has 6 nitrogen and oxygen atoms in total. The third kappa shape index (κ3) is 5.30. The van der Waals surface area contributed by atoms with Crippen molar-refractivity contribution < 1.29 is 17.9 Å². The summed E-state index contributed by atoms with van der Waals surface area (Å²) in [7, 11) is -3.62. The maximum atomic E-state index is 12.7. The Balaban J connectivity index is 1.53. The Hall–Kier alpha value is -2.38. The predicted octanol–water partition coefficient (Wildman–Crippen LogP) is 3.21. The molecule has 2 aromatic carbocycles. The molecule has 1 fully saturated rings. The van der Waals surface area contributed by atoms with E-state index in [9.17, 15) is 13.2 Å². The van der Waals surface area contributed by atoms with Gasteiger partial charge in [-0.25, -0.2) is 18.2 Å². The van der Waals surface area contributed by atoms with Crippen LogP contribution in [-0.4, -0.2) is 43.6 Å². The Bertz CT molecular complexity index is 841. The second kappa shape index (κ2) is 9.01. The molecule has 0 atom stereocenters. The van der Waals surface area contributed by atoms with Crippen molar-refractivity contribution in [3.63, 3.8) is 0 Å². The van der Waals surface area contributed by atoms with Gasteiger partial charge >= 0.3 is 6.09 Å². The van der Waals surface area contributed by atoms with Crippen LogP contribution >= 0.6 is 0 Å². The summed E-state index contributed by atoms with van der Waals surface area (Å²) in [6.45, 7) is 0.913. The first-order valence-corrected chi connectivity index (χ1v) is 10.7. The molecule has 0 radical (unpaired) electrons. The van der Waals surface area contributed by atoms with E-state index in [1.165, 1.54) is 10.6 Å². The number of hydrazine groups is 1. The van der Waals surface area contributed by atoms with Crippen LogP contribution in [0.5, 0.6) is 0 Å². The molecule has 0 aliphatic carbocycles. The van der Waals surface area contributed by atoms with Crippen LogP contribution in [0.3, 0.4) is 0 Å². The van der Waals surface area contributed by atoms with Crippen molar-refractivity contribution >= 4 is 16.1 Å². The number of carbonyl (C=O) groups excluding carboxylic acids is 1. The highest BCUT2D eigenvalue weighted by Gasteiger charge is 2.36. The van der Waals surface area contributed by atoms with Crippen LogP contribution in [0.4, 0.5) is 4.79 Å². The molecular formula is C20H24N2O4S. The molecular weight excluding hydrogens is 364 g/mol. The Labute approximate surface area is 160 Å². The van der Waals surface area contributed by atoms with Gasteiger partial charge in [0.05, 0.1) is 12.4 Å². The molecule has 0 spiro atoms. The molecule has 0 bridgehead atoms. The third-order valence-corrected chi connectivity index (χ3v) is 6.11. The molecule has 0 unspecified atom stereocenters. The van der Waals surface area contributed by atoms with Gasteiger partial charge in [-0.3, -0.25) is 0 Å². The summed E-state index contributed by atoms with van der Waals surface area (Å²) >= 11 is 0. The lowest BCUT2D eigenvalue weighted by Gasteiger charge is -2.26. The minimum absolute atomic E-state index is 0.133. The van der Waals surface area contributed by atoms with Crippen LogP contribution in [0.15, 0.2) is 60.7 Å². The van der Waals surface area contributed by atoms with E-state index in [1.54, 1.807) is 24.3 Å². The molecule has 0 aromatic heterocycles. The summed E-state index contributed by atoms with van der Waals surface area (Å²) in [6, 6.07) is 18.9. The number of hydrogen-bond donors (Lipinski definition) is 0. The number of benzene rings is 2. The van der Waals surface area contributed by atoms with E-state index in [1.807, 2.05) is 36.4 Å². The standard InChI is InChI=1S/C20H24N2O4S/c23-20(26-16-7-13-18-9-3-1-4-10-18)21-14-8-15-22(21)27(24,25)17-19-11-5-2-6-12-19/h1-6,9-12H,7-8,13-17H2. The second-order valence-electron chi connectivity index (χ2n) is 6.47. The van der Waals surface area contributed by atoms with Crippen LogP contribution in [0.2, 0.25) is 0 Å². The van der Waals surface area contributed by atoms with Crippen molar-refractivity contribution in [1.29, 1.82) is 0 Å². The maximum absolute atomic E-state index is 12.7. The maximum Gasteiger partial charge on any atom is 0.425 e. The molecule has 1 heterocycles. The van der Waals surface area contributed by atoms with Gasteiger partial charge in [-0.05, 0) is 30.4 Å². The van der Waals surface area contributed by atoms with Crippen LogP contribution in [-0.2, 0) is 26.9 Å². The van der Waals surface area contributed by atoms with Gasteiger partial charge in [0, 0.05) is 13.1 Å². The summed E-state index contributed by atoms with van der Waals surface area (Å²) in [6.07, 6.45) is 1.51. The van der Waals surface area contributed by atoms with E-state index >= 15 is 0 Å². The fourth-order valence-electron chi connectivity index (χ4n) is 3.07. The first-order valence-electron chi connectivity index (χ1n) is 9.09. The van der Waals surface area contributed by atoms with Gasteiger partial charge in [-0.1, -0.05) is 60.7 Å². The van der Waals surface area contributed by atoms with Gasteiger partial charge in [0.25, 0.3) is 0 Å². The average molecular weight is 388 g/mol. The first-order chi connectivity index (χ1) is 13.1. The molecule has 27 heavy (non-hydrogen) atoms. The summed E-state index contributed by atoms with van der Waals surface area (Å²) in [4.78, 5) is 12.4. The Morgan fingerprint density at radius 3 is 2.22 bits per heavy atom. The summed E-state index contributed by atoms with van der Waals surface area (Å²) < 4.78 is 31.9. The summed E-state index contributed by atoms with van der Waals surface area (Å²) in [5.74, 6) is -0.133.